The van der Waals surface area contributed by atoms with Crippen LogP contribution in [0, 0.1) is 0 Å². The Morgan fingerprint density at radius 2 is 2.00 bits per heavy atom. The van der Waals surface area contributed by atoms with E-state index in [9.17, 15) is 10.2 Å². The van der Waals surface area contributed by atoms with Crippen LogP contribution in [0.15, 0.2) is 24.3 Å². The average Bonchev–Trinajstić information content (AvgIpc) is 2.89. The van der Waals surface area contributed by atoms with Gasteiger partial charge in [0.15, 0.2) is 0 Å². The van der Waals surface area contributed by atoms with Gasteiger partial charge in [0.2, 0.25) is 0 Å². The second-order valence-electron chi connectivity index (χ2n) is 5.59. The number of hydrogen-bond donors (Lipinski definition) is 2. The molecule has 1 fully saturated rings. The lowest BCUT2D eigenvalue weighted by Crippen LogP contribution is -2.45. The smallest absolute Gasteiger partial charge is 0.124 e. The van der Waals surface area contributed by atoms with Crippen molar-refractivity contribution in [1.82, 2.24) is 14.5 Å². The summed E-state index contributed by atoms with van der Waals surface area (Å²) in [6.45, 7) is 3.35. The van der Waals surface area contributed by atoms with Crippen LogP contribution in [0.4, 0.5) is 0 Å². The van der Waals surface area contributed by atoms with Gasteiger partial charge in [0.05, 0.1) is 35.8 Å². The molecule has 2 aliphatic heterocycles. The molecule has 0 aliphatic carbocycles. The van der Waals surface area contributed by atoms with Crippen LogP contribution in [0.2, 0.25) is 0 Å². The molecule has 100 valence electrons. The van der Waals surface area contributed by atoms with E-state index >= 15 is 0 Å². The number of hydrogen-bond acceptors (Lipinski definition) is 4. The van der Waals surface area contributed by atoms with E-state index in [2.05, 4.69) is 20.5 Å². The maximum atomic E-state index is 10.2. The summed E-state index contributed by atoms with van der Waals surface area (Å²) in [6.07, 6.45) is -1.34. The lowest BCUT2D eigenvalue weighted by atomic mass is 10.1. The van der Waals surface area contributed by atoms with Crippen molar-refractivity contribution in [3.05, 3.63) is 30.1 Å². The van der Waals surface area contributed by atoms with Crippen molar-refractivity contribution in [2.45, 2.75) is 44.3 Å². The summed E-state index contributed by atoms with van der Waals surface area (Å²) in [5.74, 6) is 1.02. The van der Waals surface area contributed by atoms with Gasteiger partial charge in [-0.25, -0.2) is 4.98 Å². The highest BCUT2D eigenvalue weighted by Gasteiger charge is 2.47. The van der Waals surface area contributed by atoms with E-state index in [1.165, 1.54) is 0 Å². The minimum absolute atomic E-state index is 0.0184. The lowest BCUT2D eigenvalue weighted by molar-refractivity contribution is 0.0264. The summed E-state index contributed by atoms with van der Waals surface area (Å²) >= 11 is 0. The van der Waals surface area contributed by atoms with Crippen molar-refractivity contribution in [1.29, 1.82) is 0 Å². The van der Waals surface area contributed by atoms with Crippen molar-refractivity contribution in [2.24, 2.45) is 0 Å². The molecular formula is C14H17N3O2. The first-order valence-corrected chi connectivity index (χ1v) is 6.73. The van der Waals surface area contributed by atoms with Crippen LogP contribution in [0.5, 0.6) is 0 Å². The average molecular weight is 259 g/mol. The molecule has 0 unspecified atom stereocenters. The number of benzene rings is 1. The van der Waals surface area contributed by atoms with Gasteiger partial charge in [-0.1, -0.05) is 12.1 Å². The van der Waals surface area contributed by atoms with Crippen LogP contribution in [-0.2, 0) is 13.1 Å². The molecule has 4 atom stereocenters. The topological polar surface area (TPSA) is 61.5 Å². The molecule has 3 heterocycles. The van der Waals surface area contributed by atoms with Crippen LogP contribution in [0.25, 0.3) is 11.0 Å². The first-order valence-electron chi connectivity index (χ1n) is 6.73. The van der Waals surface area contributed by atoms with Gasteiger partial charge < -0.3 is 14.8 Å². The Morgan fingerprint density at radius 3 is 2.84 bits per heavy atom. The quantitative estimate of drug-likeness (QED) is 0.716. The van der Waals surface area contributed by atoms with Crippen molar-refractivity contribution in [2.75, 3.05) is 0 Å². The molecular weight excluding hydrogens is 242 g/mol. The highest BCUT2D eigenvalue weighted by Crippen LogP contribution is 2.33. The molecule has 19 heavy (non-hydrogen) atoms. The summed E-state index contributed by atoms with van der Waals surface area (Å²) in [5, 5.41) is 20.2. The number of aliphatic hydroxyl groups is 2. The van der Waals surface area contributed by atoms with E-state index in [4.69, 9.17) is 0 Å². The highest BCUT2D eigenvalue weighted by atomic mass is 16.3. The minimum Gasteiger partial charge on any atom is -0.389 e. The fourth-order valence-electron chi connectivity index (χ4n) is 3.48. The van der Waals surface area contributed by atoms with E-state index in [0.717, 1.165) is 16.9 Å². The van der Waals surface area contributed by atoms with Gasteiger partial charge in [0.1, 0.15) is 5.82 Å². The lowest BCUT2D eigenvalue weighted by Gasteiger charge is -2.33. The first kappa shape index (κ1) is 11.4. The minimum atomic E-state index is -0.677. The number of nitrogens with zero attached hydrogens (tertiary/aromatic N) is 3. The van der Waals surface area contributed by atoms with Crippen molar-refractivity contribution in [3.63, 3.8) is 0 Å². The van der Waals surface area contributed by atoms with Gasteiger partial charge in [-0.2, -0.15) is 0 Å². The monoisotopic (exact) mass is 259 g/mol. The third kappa shape index (κ3) is 1.43. The van der Waals surface area contributed by atoms with Crippen LogP contribution in [-0.4, -0.2) is 49.0 Å². The molecule has 4 rings (SSSR count). The zero-order valence-corrected chi connectivity index (χ0v) is 10.8. The maximum absolute atomic E-state index is 10.2. The fourth-order valence-corrected chi connectivity index (χ4v) is 3.48. The van der Waals surface area contributed by atoms with Crippen LogP contribution < -0.4 is 0 Å². The number of aromatic nitrogens is 2. The van der Waals surface area contributed by atoms with E-state index in [0.29, 0.717) is 13.1 Å². The first-order chi connectivity index (χ1) is 9.16. The van der Waals surface area contributed by atoms with E-state index in [-0.39, 0.29) is 12.1 Å². The summed E-state index contributed by atoms with van der Waals surface area (Å²) in [6, 6.07) is 8.03. The molecule has 5 heteroatoms. The van der Waals surface area contributed by atoms with Gasteiger partial charge in [0, 0.05) is 12.6 Å². The summed E-state index contributed by atoms with van der Waals surface area (Å²) < 4.78 is 2.17. The fraction of sp³-hybridized carbons (Fsp3) is 0.500. The Hall–Kier alpha value is -1.43. The molecule has 1 aromatic carbocycles. The normalized spacial score (nSPS) is 34.5. The second-order valence-corrected chi connectivity index (χ2v) is 5.59. The third-order valence-corrected chi connectivity index (χ3v) is 4.61. The summed E-state index contributed by atoms with van der Waals surface area (Å²) in [4.78, 5) is 6.82. The predicted molar refractivity (Wildman–Crippen MR) is 70.5 cm³/mol. The second kappa shape index (κ2) is 3.79. The largest absolute Gasteiger partial charge is 0.389 e. The number of para-hydroxylation sites is 2. The third-order valence-electron chi connectivity index (χ3n) is 4.61. The van der Waals surface area contributed by atoms with Gasteiger partial charge in [-0.3, -0.25) is 4.90 Å². The molecule has 0 amide bonds. The molecule has 5 nitrogen and oxygen atoms in total. The van der Waals surface area contributed by atoms with Gasteiger partial charge in [0.25, 0.3) is 0 Å². The van der Waals surface area contributed by atoms with Crippen LogP contribution in [0.3, 0.4) is 0 Å². The SMILES string of the molecule is C[C@@H]1[C@@H](O)[C@@H](O)[C@H]2Cn3c(nc4ccccc43)CN12. The Balaban J connectivity index is 1.82. The van der Waals surface area contributed by atoms with Crippen LogP contribution in [0.1, 0.15) is 12.7 Å². The molecule has 0 saturated carbocycles. The number of aliphatic hydroxyl groups excluding tert-OH is 2. The molecule has 2 aliphatic rings. The Morgan fingerprint density at radius 1 is 1.21 bits per heavy atom. The molecule has 2 N–H and O–H groups in total. The Bertz CT molecular complexity index is 639. The number of imidazole rings is 1. The van der Waals surface area contributed by atoms with Gasteiger partial charge in [-0.05, 0) is 19.1 Å². The van der Waals surface area contributed by atoms with E-state index < -0.39 is 12.2 Å². The molecule has 2 aromatic rings. The van der Waals surface area contributed by atoms with Crippen molar-refractivity contribution < 1.29 is 10.2 Å². The molecule has 1 saturated heterocycles. The molecule has 0 bridgehead atoms. The summed E-state index contributed by atoms with van der Waals surface area (Å²) in [5.41, 5.74) is 2.11. The number of fused-ring (bicyclic) bond motifs is 4. The van der Waals surface area contributed by atoms with Gasteiger partial charge in [-0.15, -0.1) is 0 Å². The van der Waals surface area contributed by atoms with Crippen LogP contribution >= 0.6 is 0 Å². The zero-order chi connectivity index (χ0) is 13.1. The molecule has 0 spiro atoms. The predicted octanol–water partition coefficient (Wildman–Crippen LogP) is 0.344. The standard InChI is InChI=1S/C14H17N3O2/c1-8-13(18)14(19)11-6-17-10-5-3-2-4-9(10)15-12(17)7-16(8)11/h2-5,8,11,13-14,18-19H,6-7H2,1H3/t8-,11-,13-,14+/m1/s1. The zero-order valence-electron chi connectivity index (χ0n) is 10.8. The van der Waals surface area contributed by atoms with E-state index in [1.807, 2.05) is 25.1 Å². The van der Waals surface area contributed by atoms with Crippen molar-refractivity contribution in [3.8, 4) is 0 Å². The Labute approximate surface area is 111 Å². The van der Waals surface area contributed by atoms with Crippen molar-refractivity contribution >= 4 is 11.0 Å². The Kier molecular flexibility index (Phi) is 2.27. The van der Waals surface area contributed by atoms with Gasteiger partial charge >= 0.3 is 0 Å². The highest BCUT2D eigenvalue weighted by molar-refractivity contribution is 5.76. The molecule has 0 radical (unpaired) electrons. The maximum Gasteiger partial charge on any atom is 0.124 e. The summed E-state index contributed by atoms with van der Waals surface area (Å²) in [7, 11) is 0. The number of rotatable bonds is 0. The van der Waals surface area contributed by atoms with E-state index in [1.54, 1.807) is 0 Å². The molecule has 1 aromatic heterocycles.